The lowest BCUT2D eigenvalue weighted by Gasteiger charge is -2.14. The molecule has 3 rings (SSSR count). The summed E-state index contributed by atoms with van der Waals surface area (Å²) in [6.45, 7) is 2.61. The summed E-state index contributed by atoms with van der Waals surface area (Å²) in [6.07, 6.45) is 5.38. The molecule has 122 valence electrons. The van der Waals surface area contributed by atoms with E-state index in [1.54, 1.807) is 28.8 Å². The summed E-state index contributed by atoms with van der Waals surface area (Å²) >= 11 is 1.57. The normalized spacial score (nSPS) is 11.9. The number of carbonyl (C=O) groups excluding carboxylic acids is 1. The van der Waals surface area contributed by atoms with E-state index in [1.165, 1.54) is 0 Å². The Balaban J connectivity index is 1.57. The number of carbonyl (C=O) groups is 1. The molecule has 0 aliphatic carbocycles. The van der Waals surface area contributed by atoms with Gasteiger partial charge in [0, 0.05) is 35.1 Å². The number of nitrogens with zero attached hydrogens (tertiary/aromatic N) is 3. The van der Waals surface area contributed by atoms with Gasteiger partial charge >= 0.3 is 0 Å². The fraction of sp³-hybridized carbons (Fsp3) is 0.167. The molecule has 0 unspecified atom stereocenters. The van der Waals surface area contributed by atoms with Gasteiger partial charge in [0.1, 0.15) is 5.03 Å². The van der Waals surface area contributed by atoms with Gasteiger partial charge in [-0.25, -0.2) is 4.98 Å². The van der Waals surface area contributed by atoms with Crippen LogP contribution in [0.4, 0.5) is 0 Å². The van der Waals surface area contributed by atoms with Crippen LogP contribution in [-0.4, -0.2) is 26.7 Å². The molecule has 0 radical (unpaired) electrons. The zero-order chi connectivity index (χ0) is 16.8. The van der Waals surface area contributed by atoms with Crippen molar-refractivity contribution in [2.45, 2.75) is 29.4 Å². The van der Waals surface area contributed by atoms with Crippen molar-refractivity contribution in [1.82, 2.24) is 20.1 Å². The zero-order valence-electron chi connectivity index (χ0n) is 13.3. The van der Waals surface area contributed by atoms with Gasteiger partial charge in [0.15, 0.2) is 0 Å². The Morgan fingerprint density at radius 1 is 1.17 bits per heavy atom. The third-order valence-electron chi connectivity index (χ3n) is 3.37. The number of hydrogen-bond acceptors (Lipinski definition) is 4. The Morgan fingerprint density at radius 2 is 2.00 bits per heavy atom. The second-order valence-electron chi connectivity index (χ2n) is 5.40. The number of nitrogens with one attached hydrogen (secondary N) is 1. The molecule has 1 N–H and O–H groups in total. The van der Waals surface area contributed by atoms with Crippen LogP contribution in [0.15, 0.2) is 77.0 Å². The number of pyridine rings is 1. The summed E-state index contributed by atoms with van der Waals surface area (Å²) in [7, 11) is 0. The first kappa shape index (κ1) is 16.3. The molecule has 24 heavy (non-hydrogen) atoms. The second kappa shape index (κ2) is 7.79. The van der Waals surface area contributed by atoms with Crippen LogP contribution in [0.3, 0.4) is 0 Å². The first-order chi connectivity index (χ1) is 11.7. The van der Waals surface area contributed by atoms with Crippen LogP contribution in [0.2, 0.25) is 0 Å². The predicted octanol–water partition coefficient (Wildman–Crippen LogP) is 3.25. The molecule has 0 saturated carbocycles. The summed E-state index contributed by atoms with van der Waals surface area (Å²) < 4.78 is 1.80. The highest BCUT2D eigenvalue weighted by Gasteiger charge is 2.10. The van der Waals surface area contributed by atoms with Crippen LogP contribution in [-0.2, 0) is 6.54 Å². The minimum atomic E-state index is -0.0796. The fourth-order valence-electron chi connectivity index (χ4n) is 2.24. The molecule has 6 heteroatoms. The maximum absolute atomic E-state index is 12.3. The van der Waals surface area contributed by atoms with E-state index in [9.17, 15) is 4.79 Å². The topological polar surface area (TPSA) is 59.8 Å². The molecule has 0 saturated heterocycles. The van der Waals surface area contributed by atoms with Crippen LogP contribution in [0, 0.1) is 0 Å². The number of hydrogen-bond donors (Lipinski definition) is 1. The van der Waals surface area contributed by atoms with Crippen molar-refractivity contribution in [3.63, 3.8) is 0 Å². The Hall–Kier alpha value is -2.60. The monoisotopic (exact) mass is 338 g/mol. The molecule has 0 bridgehead atoms. The van der Waals surface area contributed by atoms with Crippen molar-refractivity contribution in [1.29, 1.82) is 0 Å². The maximum Gasteiger partial charge on any atom is 0.251 e. The van der Waals surface area contributed by atoms with Gasteiger partial charge in [-0.15, -0.1) is 0 Å². The van der Waals surface area contributed by atoms with Crippen LogP contribution >= 0.6 is 11.8 Å². The average molecular weight is 338 g/mol. The number of benzene rings is 1. The van der Waals surface area contributed by atoms with Crippen molar-refractivity contribution in [3.05, 3.63) is 72.7 Å². The molecule has 2 aromatic heterocycles. The molecule has 1 aromatic carbocycles. The molecule has 0 aliphatic heterocycles. The standard InChI is InChI=1S/C18H18N4OS/c1-14(13-22-12-4-11-20-22)21-18(23)15-6-8-16(9-7-15)24-17-5-2-3-10-19-17/h2-12,14H,13H2,1H3,(H,21,23)/t14-/m1/s1. The van der Waals surface area contributed by atoms with Crippen LogP contribution in [0.5, 0.6) is 0 Å². The fourth-order valence-corrected chi connectivity index (χ4v) is 3.02. The van der Waals surface area contributed by atoms with Gasteiger partial charge in [-0.3, -0.25) is 9.48 Å². The molecule has 0 fully saturated rings. The molecule has 0 aliphatic rings. The lowest BCUT2D eigenvalue weighted by atomic mass is 10.2. The number of rotatable bonds is 6. The van der Waals surface area contributed by atoms with Crippen LogP contribution in [0.25, 0.3) is 0 Å². The largest absolute Gasteiger partial charge is 0.348 e. The Labute approximate surface area is 145 Å². The van der Waals surface area contributed by atoms with Crippen molar-refractivity contribution >= 4 is 17.7 Å². The maximum atomic E-state index is 12.3. The third-order valence-corrected chi connectivity index (χ3v) is 4.33. The van der Waals surface area contributed by atoms with Crippen molar-refractivity contribution < 1.29 is 4.79 Å². The van der Waals surface area contributed by atoms with E-state index in [1.807, 2.05) is 61.7 Å². The first-order valence-corrected chi connectivity index (χ1v) is 8.49. The van der Waals surface area contributed by atoms with E-state index in [-0.39, 0.29) is 11.9 Å². The number of aromatic nitrogens is 3. The van der Waals surface area contributed by atoms with Gasteiger partial charge in [0.05, 0.1) is 6.54 Å². The summed E-state index contributed by atoms with van der Waals surface area (Å²) in [5, 5.41) is 8.06. The first-order valence-electron chi connectivity index (χ1n) is 7.68. The van der Waals surface area contributed by atoms with Crippen molar-refractivity contribution in [2.24, 2.45) is 0 Å². The van der Waals surface area contributed by atoms with Gasteiger partial charge in [0.25, 0.3) is 5.91 Å². The molecule has 1 amide bonds. The quantitative estimate of drug-likeness (QED) is 0.749. The molecular weight excluding hydrogens is 320 g/mol. The van der Waals surface area contributed by atoms with Gasteiger partial charge in [-0.2, -0.15) is 5.10 Å². The molecule has 5 nitrogen and oxygen atoms in total. The number of amides is 1. The molecule has 1 atom stereocenters. The van der Waals surface area contributed by atoms with Gasteiger partial charge in [-0.1, -0.05) is 17.8 Å². The minimum absolute atomic E-state index is 0.0000275. The third kappa shape index (κ3) is 4.45. The van der Waals surface area contributed by atoms with E-state index >= 15 is 0 Å². The van der Waals surface area contributed by atoms with Gasteiger partial charge < -0.3 is 5.32 Å². The van der Waals surface area contributed by atoms with Gasteiger partial charge in [0.2, 0.25) is 0 Å². The summed E-state index contributed by atoms with van der Waals surface area (Å²) in [6, 6.07) is 15.2. The highest BCUT2D eigenvalue weighted by Crippen LogP contribution is 2.25. The predicted molar refractivity (Wildman–Crippen MR) is 94.0 cm³/mol. The summed E-state index contributed by atoms with van der Waals surface area (Å²) in [4.78, 5) is 17.6. The molecule has 0 spiro atoms. The summed E-state index contributed by atoms with van der Waals surface area (Å²) in [5.41, 5.74) is 0.646. The SMILES string of the molecule is C[C@H](Cn1cccn1)NC(=O)c1ccc(Sc2ccccn2)cc1. The van der Waals surface area contributed by atoms with Crippen LogP contribution in [0.1, 0.15) is 17.3 Å². The van der Waals surface area contributed by atoms with E-state index in [2.05, 4.69) is 15.4 Å². The van der Waals surface area contributed by atoms with Crippen LogP contribution < -0.4 is 5.32 Å². The zero-order valence-corrected chi connectivity index (χ0v) is 14.1. The molecule has 3 aromatic rings. The Bertz CT molecular complexity index is 773. The van der Waals surface area contributed by atoms with E-state index < -0.39 is 0 Å². The Kier molecular flexibility index (Phi) is 5.28. The minimum Gasteiger partial charge on any atom is -0.348 e. The molecular formula is C18H18N4OS. The smallest absolute Gasteiger partial charge is 0.251 e. The van der Waals surface area contributed by atoms with Crippen molar-refractivity contribution in [3.8, 4) is 0 Å². The van der Waals surface area contributed by atoms with Gasteiger partial charge in [-0.05, 0) is 49.4 Å². The second-order valence-corrected chi connectivity index (χ2v) is 6.49. The highest BCUT2D eigenvalue weighted by atomic mass is 32.2. The summed E-state index contributed by atoms with van der Waals surface area (Å²) in [5.74, 6) is -0.0796. The average Bonchev–Trinajstić information content (AvgIpc) is 3.09. The lowest BCUT2D eigenvalue weighted by Crippen LogP contribution is -2.35. The Morgan fingerprint density at radius 3 is 2.67 bits per heavy atom. The van der Waals surface area contributed by atoms with E-state index in [0.717, 1.165) is 9.92 Å². The molecule has 2 heterocycles. The van der Waals surface area contributed by atoms with Crippen molar-refractivity contribution in [2.75, 3.05) is 0 Å². The highest BCUT2D eigenvalue weighted by molar-refractivity contribution is 7.99. The van der Waals surface area contributed by atoms with E-state index in [0.29, 0.717) is 12.1 Å². The lowest BCUT2D eigenvalue weighted by molar-refractivity contribution is 0.0936. The van der Waals surface area contributed by atoms with E-state index in [4.69, 9.17) is 0 Å².